The Balaban J connectivity index is 0.00000200. The number of nitrogens with one attached hydrogen (secondary N) is 1. The Morgan fingerprint density at radius 1 is 1.50 bits per heavy atom. The van der Waals surface area contributed by atoms with Crippen LogP contribution in [0.5, 0.6) is 0 Å². The summed E-state index contributed by atoms with van der Waals surface area (Å²) >= 11 is 1.65. The van der Waals surface area contributed by atoms with Crippen molar-refractivity contribution in [3.05, 3.63) is 21.4 Å². The molecule has 1 amide bonds. The summed E-state index contributed by atoms with van der Waals surface area (Å²) in [5, 5.41) is 3.13. The first kappa shape index (κ1) is 17.5. The van der Waals surface area contributed by atoms with E-state index in [4.69, 9.17) is 5.73 Å². The van der Waals surface area contributed by atoms with Gasteiger partial charge in [0.15, 0.2) is 0 Å². The van der Waals surface area contributed by atoms with Crippen LogP contribution in [0, 0.1) is 5.92 Å². The van der Waals surface area contributed by atoms with Gasteiger partial charge in [0.05, 0.1) is 10.4 Å². The number of fused-ring (bicyclic) bond motifs is 1. The Morgan fingerprint density at radius 3 is 2.75 bits per heavy atom. The van der Waals surface area contributed by atoms with Gasteiger partial charge in [0.25, 0.3) is 5.91 Å². The first-order valence-electron chi connectivity index (χ1n) is 7.08. The lowest BCUT2D eigenvalue weighted by Gasteiger charge is -2.31. The van der Waals surface area contributed by atoms with E-state index >= 15 is 0 Å². The molecule has 5 heteroatoms. The number of aryl methyl sites for hydroxylation is 2. The first-order chi connectivity index (χ1) is 8.93. The van der Waals surface area contributed by atoms with Gasteiger partial charge in [0, 0.05) is 11.4 Å². The molecule has 0 saturated heterocycles. The van der Waals surface area contributed by atoms with Crippen molar-refractivity contribution < 1.29 is 4.79 Å². The highest BCUT2D eigenvalue weighted by Gasteiger charge is 2.27. The van der Waals surface area contributed by atoms with Crippen molar-refractivity contribution in [2.24, 2.45) is 11.7 Å². The number of thiophene rings is 1. The van der Waals surface area contributed by atoms with E-state index in [2.05, 4.69) is 25.2 Å². The smallest absolute Gasteiger partial charge is 0.261 e. The number of hydrogen-bond donors (Lipinski definition) is 2. The lowest BCUT2D eigenvalue weighted by Crippen LogP contribution is -2.52. The summed E-state index contributed by atoms with van der Waals surface area (Å²) in [6.45, 7) is 6.81. The van der Waals surface area contributed by atoms with Crippen molar-refractivity contribution in [3.63, 3.8) is 0 Å². The second kappa shape index (κ2) is 6.92. The number of carbonyl (C=O) groups is 1. The average molecular weight is 317 g/mol. The van der Waals surface area contributed by atoms with Crippen LogP contribution in [0.2, 0.25) is 0 Å². The molecule has 1 aliphatic rings. The van der Waals surface area contributed by atoms with Gasteiger partial charge >= 0.3 is 0 Å². The van der Waals surface area contributed by atoms with Crippen LogP contribution in [0.25, 0.3) is 0 Å². The molecule has 0 radical (unpaired) electrons. The van der Waals surface area contributed by atoms with Crippen molar-refractivity contribution >= 4 is 29.7 Å². The highest BCUT2D eigenvalue weighted by Crippen LogP contribution is 2.31. The van der Waals surface area contributed by atoms with Crippen LogP contribution in [0.3, 0.4) is 0 Å². The fourth-order valence-electron chi connectivity index (χ4n) is 2.86. The number of halogens is 1. The standard InChI is InChI=1S/C15H24N2OS.ClH/c1-10(2)8-15(3,9-16)17-14(18)13-7-11-5-4-6-12(11)19-13;/h7,10H,4-6,8-9,16H2,1-3H3,(H,17,18);1H. The second-order valence-corrected chi connectivity index (χ2v) is 7.37. The molecule has 0 aliphatic heterocycles. The highest BCUT2D eigenvalue weighted by molar-refractivity contribution is 7.14. The minimum Gasteiger partial charge on any atom is -0.345 e. The molecular formula is C15H25ClN2OS. The molecule has 3 nitrogen and oxygen atoms in total. The van der Waals surface area contributed by atoms with E-state index < -0.39 is 0 Å². The number of carbonyl (C=O) groups excluding carboxylic acids is 1. The Bertz CT molecular complexity index is 451. The van der Waals surface area contributed by atoms with Crippen molar-refractivity contribution in [2.45, 2.75) is 52.0 Å². The molecule has 20 heavy (non-hydrogen) atoms. The minimum absolute atomic E-state index is 0. The molecule has 0 bridgehead atoms. The Morgan fingerprint density at radius 2 is 2.20 bits per heavy atom. The van der Waals surface area contributed by atoms with Crippen LogP contribution >= 0.6 is 23.7 Å². The summed E-state index contributed by atoms with van der Waals surface area (Å²) in [6.07, 6.45) is 4.39. The molecule has 114 valence electrons. The Labute approximate surface area is 131 Å². The lowest BCUT2D eigenvalue weighted by molar-refractivity contribution is 0.0902. The van der Waals surface area contributed by atoms with Crippen molar-refractivity contribution in [1.29, 1.82) is 0 Å². The quantitative estimate of drug-likeness (QED) is 0.876. The summed E-state index contributed by atoms with van der Waals surface area (Å²) in [7, 11) is 0. The minimum atomic E-state index is -0.306. The molecule has 1 aromatic heterocycles. The zero-order valence-electron chi connectivity index (χ0n) is 12.5. The molecule has 1 heterocycles. The molecule has 1 atom stereocenters. The maximum Gasteiger partial charge on any atom is 0.261 e. The second-order valence-electron chi connectivity index (χ2n) is 6.23. The van der Waals surface area contributed by atoms with Gasteiger partial charge in [0.1, 0.15) is 0 Å². The molecule has 1 aromatic rings. The summed E-state index contributed by atoms with van der Waals surface area (Å²) in [4.78, 5) is 14.6. The maximum atomic E-state index is 12.4. The average Bonchev–Trinajstić information content (AvgIpc) is 2.87. The maximum absolute atomic E-state index is 12.4. The van der Waals surface area contributed by atoms with E-state index in [1.165, 1.54) is 16.9 Å². The molecule has 1 aliphatic carbocycles. The number of amides is 1. The SMILES string of the molecule is CC(C)CC(C)(CN)NC(=O)c1cc2c(s1)CCC2.Cl. The first-order valence-corrected chi connectivity index (χ1v) is 7.89. The molecular weight excluding hydrogens is 292 g/mol. The topological polar surface area (TPSA) is 55.1 Å². The molecule has 2 rings (SSSR count). The van der Waals surface area contributed by atoms with Crippen LogP contribution in [-0.4, -0.2) is 18.0 Å². The fourth-order valence-corrected chi connectivity index (χ4v) is 4.01. The van der Waals surface area contributed by atoms with Gasteiger partial charge in [-0.2, -0.15) is 0 Å². The van der Waals surface area contributed by atoms with E-state index in [1.807, 2.05) is 6.92 Å². The monoisotopic (exact) mass is 316 g/mol. The highest BCUT2D eigenvalue weighted by atomic mass is 35.5. The zero-order valence-corrected chi connectivity index (χ0v) is 14.1. The molecule has 3 N–H and O–H groups in total. The fraction of sp³-hybridized carbons (Fsp3) is 0.667. The number of hydrogen-bond acceptors (Lipinski definition) is 3. The third-order valence-corrected chi connectivity index (χ3v) is 4.93. The van der Waals surface area contributed by atoms with Crippen LogP contribution < -0.4 is 11.1 Å². The van der Waals surface area contributed by atoms with Crippen LogP contribution in [-0.2, 0) is 12.8 Å². The summed E-state index contributed by atoms with van der Waals surface area (Å²) in [5.74, 6) is 0.551. The van der Waals surface area contributed by atoms with E-state index in [1.54, 1.807) is 11.3 Å². The molecule has 0 aromatic carbocycles. The van der Waals surface area contributed by atoms with Crippen LogP contribution in [0.4, 0.5) is 0 Å². The van der Waals surface area contributed by atoms with Crippen molar-refractivity contribution in [2.75, 3.05) is 6.54 Å². The zero-order chi connectivity index (χ0) is 14.0. The van der Waals surface area contributed by atoms with Gasteiger partial charge in [-0.3, -0.25) is 4.79 Å². The van der Waals surface area contributed by atoms with Gasteiger partial charge in [-0.25, -0.2) is 0 Å². The molecule has 0 fully saturated rings. The van der Waals surface area contributed by atoms with Crippen molar-refractivity contribution in [1.82, 2.24) is 5.32 Å². The lowest BCUT2D eigenvalue weighted by atomic mass is 9.90. The van der Waals surface area contributed by atoms with E-state index in [-0.39, 0.29) is 23.9 Å². The largest absolute Gasteiger partial charge is 0.345 e. The third kappa shape index (κ3) is 3.96. The van der Waals surface area contributed by atoms with Crippen LogP contribution in [0.1, 0.15) is 53.7 Å². The summed E-state index contributed by atoms with van der Waals surface area (Å²) < 4.78 is 0. The molecule has 0 spiro atoms. The summed E-state index contributed by atoms with van der Waals surface area (Å²) in [5.41, 5.74) is 6.91. The van der Waals surface area contributed by atoms with Crippen molar-refractivity contribution in [3.8, 4) is 0 Å². The van der Waals surface area contributed by atoms with Crippen LogP contribution in [0.15, 0.2) is 6.07 Å². The molecule has 1 unspecified atom stereocenters. The van der Waals surface area contributed by atoms with Gasteiger partial charge in [0.2, 0.25) is 0 Å². The Kier molecular flexibility index (Phi) is 6.05. The Hall–Kier alpha value is -0.580. The van der Waals surface area contributed by atoms with E-state index in [0.29, 0.717) is 12.5 Å². The van der Waals surface area contributed by atoms with Gasteiger partial charge < -0.3 is 11.1 Å². The predicted molar refractivity (Wildman–Crippen MR) is 88.0 cm³/mol. The van der Waals surface area contributed by atoms with Gasteiger partial charge in [-0.1, -0.05) is 13.8 Å². The normalized spacial score (nSPS) is 16.4. The third-order valence-electron chi connectivity index (χ3n) is 3.69. The summed E-state index contributed by atoms with van der Waals surface area (Å²) in [6, 6.07) is 2.06. The predicted octanol–water partition coefficient (Wildman–Crippen LogP) is 3.15. The van der Waals surface area contributed by atoms with E-state index in [9.17, 15) is 4.79 Å². The van der Waals surface area contributed by atoms with Gasteiger partial charge in [-0.15, -0.1) is 23.7 Å². The number of nitrogens with two attached hydrogens (primary N) is 1. The number of rotatable bonds is 5. The van der Waals surface area contributed by atoms with Gasteiger partial charge in [-0.05, 0) is 50.2 Å². The van der Waals surface area contributed by atoms with E-state index in [0.717, 1.165) is 24.1 Å². The molecule has 0 saturated carbocycles.